The number of rotatable bonds is 5. The van der Waals surface area contributed by atoms with Gasteiger partial charge in [-0.2, -0.15) is 0 Å². The van der Waals surface area contributed by atoms with Gasteiger partial charge >= 0.3 is 0 Å². The Morgan fingerprint density at radius 1 is 1.05 bits per heavy atom. The van der Waals surface area contributed by atoms with Crippen molar-refractivity contribution in [2.45, 2.75) is 0 Å². The average molecular weight is 282 g/mol. The Hall–Kier alpha value is -2.81. The Morgan fingerprint density at radius 2 is 1.76 bits per heavy atom. The van der Waals surface area contributed by atoms with Crippen LogP contribution >= 0.6 is 0 Å². The smallest absolute Gasteiger partial charge is 0.150 e. The minimum Gasteiger partial charge on any atom is -0.508 e. The van der Waals surface area contributed by atoms with Crippen LogP contribution in [0.15, 0.2) is 67.8 Å². The first-order valence-corrected chi connectivity index (χ1v) is 6.40. The van der Waals surface area contributed by atoms with E-state index in [1.165, 1.54) is 0 Å². The molecule has 0 saturated carbocycles. The minimum absolute atomic E-state index is 0.214. The van der Waals surface area contributed by atoms with Crippen LogP contribution in [0.5, 0.6) is 11.5 Å². The maximum atomic E-state index is 10.3. The van der Waals surface area contributed by atoms with Crippen LogP contribution in [-0.2, 0) is 0 Å². The summed E-state index contributed by atoms with van der Waals surface area (Å²) in [6, 6.07) is 14.0. The predicted octanol–water partition coefficient (Wildman–Crippen LogP) is 4.10. The normalized spacial score (nSPS) is 8.95. The van der Waals surface area contributed by atoms with E-state index in [-0.39, 0.29) is 5.75 Å². The zero-order valence-corrected chi connectivity index (χ0v) is 11.7. The zero-order chi connectivity index (χ0) is 15.5. The van der Waals surface area contributed by atoms with Crippen molar-refractivity contribution in [3.63, 3.8) is 0 Å². The van der Waals surface area contributed by atoms with Gasteiger partial charge in [0.2, 0.25) is 0 Å². The highest BCUT2D eigenvalue weighted by Crippen LogP contribution is 2.17. The Bertz CT molecular complexity index is 576. The predicted molar refractivity (Wildman–Crippen MR) is 85.7 cm³/mol. The molecule has 0 unspecified atom stereocenters. The lowest BCUT2D eigenvalue weighted by molar-refractivity contribution is 0.112. The molecule has 3 nitrogen and oxygen atoms in total. The van der Waals surface area contributed by atoms with Crippen molar-refractivity contribution in [3.8, 4) is 11.5 Å². The van der Waals surface area contributed by atoms with E-state index >= 15 is 0 Å². The molecule has 0 atom stereocenters. The summed E-state index contributed by atoms with van der Waals surface area (Å²) >= 11 is 0. The second-order valence-corrected chi connectivity index (χ2v) is 4.05. The third-order valence-electron chi connectivity index (χ3n) is 2.53. The molecule has 0 radical (unpaired) electrons. The molecule has 0 aromatic heterocycles. The monoisotopic (exact) mass is 282 g/mol. The van der Waals surface area contributed by atoms with Gasteiger partial charge < -0.3 is 9.84 Å². The van der Waals surface area contributed by atoms with Gasteiger partial charge in [0.1, 0.15) is 18.1 Å². The molecule has 2 aromatic carbocycles. The molecule has 0 heterocycles. The summed E-state index contributed by atoms with van der Waals surface area (Å²) in [5.41, 5.74) is 1.58. The van der Waals surface area contributed by atoms with Crippen molar-refractivity contribution in [3.05, 3.63) is 78.9 Å². The number of carbonyl (C=O) groups excluding carboxylic acids is 1. The zero-order valence-electron chi connectivity index (χ0n) is 11.7. The fourth-order valence-corrected chi connectivity index (χ4v) is 1.53. The molecule has 0 amide bonds. The molecule has 0 aliphatic rings. The van der Waals surface area contributed by atoms with E-state index in [0.29, 0.717) is 17.9 Å². The lowest BCUT2D eigenvalue weighted by atomic mass is 10.1. The number of aromatic hydroxyl groups is 1. The first-order valence-electron chi connectivity index (χ1n) is 6.40. The van der Waals surface area contributed by atoms with Crippen LogP contribution in [-0.4, -0.2) is 18.0 Å². The van der Waals surface area contributed by atoms with Crippen LogP contribution < -0.4 is 4.74 Å². The van der Waals surface area contributed by atoms with E-state index in [9.17, 15) is 4.79 Å². The maximum Gasteiger partial charge on any atom is 0.150 e. The lowest BCUT2D eigenvalue weighted by Gasteiger charge is -2.01. The molecule has 108 valence electrons. The molecular formula is C18H18O3. The molecular weight excluding hydrogens is 264 g/mol. The summed E-state index contributed by atoms with van der Waals surface area (Å²) in [6.45, 7) is 7.55. The highest BCUT2D eigenvalue weighted by Gasteiger charge is 1.92. The molecule has 1 N–H and O–H groups in total. The van der Waals surface area contributed by atoms with Crippen molar-refractivity contribution < 1.29 is 14.6 Å². The van der Waals surface area contributed by atoms with Crippen molar-refractivity contribution >= 4 is 12.4 Å². The molecule has 0 aliphatic heterocycles. The van der Waals surface area contributed by atoms with Gasteiger partial charge in [-0.15, -0.1) is 0 Å². The first kappa shape index (κ1) is 16.2. The number of hydrogen-bond donors (Lipinski definition) is 1. The van der Waals surface area contributed by atoms with Gasteiger partial charge in [-0.3, -0.25) is 4.79 Å². The minimum atomic E-state index is 0.214. The standard InChI is InChI=1S/C9H10O2.C9H8O/c1-2-6-11-9-5-3-4-8(10)7-9;1-2-8-5-3-4-6-9(8)7-10/h2-5,7,10H,1,6H2;2-7H,1H2. The van der Waals surface area contributed by atoms with E-state index in [1.807, 2.05) is 18.2 Å². The molecule has 21 heavy (non-hydrogen) atoms. The lowest BCUT2D eigenvalue weighted by Crippen LogP contribution is -1.91. The molecule has 0 spiro atoms. The quantitative estimate of drug-likeness (QED) is 0.663. The Kier molecular flexibility index (Phi) is 7.08. The number of phenolic OH excluding ortho intramolecular Hbond substituents is 1. The van der Waals surface area contributed by atoms with Crippen molar-refractivity contribution in [1.29, 1.82) is 0 Å². The summed E-state index contributed by atoms with van der Waals surface area (Å²) in [7, 11) is 0. The van der Waals surface area contributed by atoms with Gasteiger partial charge in [0.15, 0.2) is 6.29 Å². The fourth-order valence-electron chi connectivity index (χ4n) is 1.53. The summed E-state index contributed by atoms with van der Waals surface area (Å²) in [5.74, 6) is 0.872. The van der Waals surface area contributed by atoms with Crippen molar-refractivity contribution in [2.75, 3.05) is 6.61 Å². The number of phenols is 1. The van der Waals surface area contributed by atoms with E-state index < -0.39 is 0 Å². The van der Waals surface area contributed by atoms with Crippen LogP contribution in [0.25, 0.3) is 6.08 Å². The molecule has 0 saturated heterocycles. The Balaban J connectivity index is 0.000000211. The van der Waals surface area contributed by atoms with Crippen LogP contribution in [0.4, 0.5) is 0 Å². The maximum absolute atomic E-state index is 10.3. The number of ether oxygens (including phenoxy) is 1. The number of hydrogen-bond acceptors (Lipinski definition) is 3. The van der Waals surface area contributed by atoms with Gasteiger partial charge in [-0.1, -0.05) is 55.6 Å². The molecule has 0 aliphatic carbocycles. The molecule has 2 rings (SSSR count). The van der Waals surface area contributed by atoms with E-state index in [4.69, 9.17) is 9.84 Å². The highest BCUT2D eigenvalue weighted by atomic mass is 16.5. The van der Waals surface area contributed by atoms with Crippen molar-refractivity contribution in [1.82, 2.24) is 0 Å². The molecule has 0 fully saturated rings. The van der Waals surface area contributed by atoms with Gasteiger partial charge in [0, 0.05) is 11.6 Å². The van der Waals surface area contributed by atoms with Gasteiger partial charge in [0.25, 0.3) is 0 Å². The van der Waals surface area contributed by atoms with Crippen molar-refractivity contribution in [2.24, 2.45) is 0 Å². The molecule has 3 heteroatoms. The number of aldehydes is 1. The van der Waals surface area contributed by atoms with Crippen LogP contribution in [0.2, 0.25) is 0 Å². The average Bonchev–Trinajstić information content (AvgIpc) is 2.53. The van der Waals surface area contributed by atoms with E-state index in [2.05, 4.69) is 13.2 Å². The first-order chi connectivity index (χ1) is 10.2. The van der Waals surface area contributed by atoms with Gasteiger partial charge in [-0.25, -0.2) is 0 Å². The van der Waals surface area contributed by atoms with Crippen LogP contribution in [0.3, 0.4) is 0 Å². The third-order valence-corrected chi connectivity index (χ3v) is 2.53. The van der Waals surface area contributed by atoms with Crippen LogP contribution in [0.1, 0.15) is 15.9 Å². The molecule has 2 aromatic rings. The SMILES string of the molecule is C=CCOc1cccc(O)c1.C=Cc1ccccc1C=O. The summed E-state index contributed by atoms with van der Waals surface area (Å²) in [6.07, 6.45) is 4.16. The van der Waals surface area contributed by atoms with Gasteiger partial charge in [-0.05, 0) is 17.7 Å². The van der Waals surface area contributed by atoms with E-state index in [0.717, 1.165) is 11.8 Å². The highest BCUT2D eigenvalue weighted by molar-refractivity contribution is 5.81. The fraction of sp³-hybridized carbons (Fsp3) is 0.0556. The second kappa shape index (κ2) is 9.15. The second-order valence-electron chi connectivity index (χ2n) is 4.05. The van der Waals surface area contributed by atoms with Crippen LogP contribution in [0, 0.1) is 0 Å². The topological polar surface area (TPSA) is 46.5 Å². The van der Waals surface area contributed by atoms with Gasteiger partial charge in [0.05, 0.1) is 0 Å². The Morgan fingerprint density at radius 3 is 2.29 bits per heavy atom. The number of benzene rings is 2. The summed E-state index contributed by atoms with van der Waals surface area (Å²) in [4.78, 5) is 10.3. The largest absolute Gasteiger partial charge is 0.508 e. The Labute approximate surface area is 124 Å². The molecule has 0 bridgehead atoms. The third kappa shape index (κ3) is 5.78. The van der Waals surface area contributed by atoms with E-state index in [1.54, 1.807) is 42.5 Å². The summed E-state index contributed by atoms with van der Waals surface area (Å²) in [5, 5.41) is 9.01. The summed E-state index contributed by atoms with van der Waals surface area (Å²) < 4.78 is 5.16. The number of carbonyl (C=O) groups is 1.